The average Bonchev–Trinajstić information content (AvgIpc) is 2.31. The van der Waals surface area contributed by atoms with E-state index in [1.54, 1.807) is 19.1 Å². The molecule has 0 amide bonds. The maximum Gasteiger partial charge on any atom is 0.289 e. The van der Waals surface area contributed by atoms with Crippen LogP contribution in [0.25, 0.3) is 5.69 Å². The van der Waals surface area contributed by atoms with Gasteiger partial charge in [0, 0.05) is 4.47 Å². The van der Waals surface area contributed by atoms with Crippen LogP contribution in [-0.2, 0) is 0 Å². The SMILES string of the molecule is Cc1cnn(-c2ccc(Br)cc2)c(=O)c1C#N. The first-order valence-corrected chi connectivity index (χ1v) is 5.68. The van der Waals surface area contributed by atoms with E-state index in [1.807, 2.05) is 18.2 Å². The average molecular weight is 290 g/mol. The molecule has 17 heavy (non-hydrogen) atoms. The molecule has 5 heteroatoms. The van der Waals surface area contributed by atoms with Crippen molar-refractivity contribution in [2.45, 2.75) is 6.92 Å². The minimum atomic E-state index is -0.394. The standard InChI is InChI=1S/C12H8BrN3O/c1-8-7-15-16(12(17)11(8)6-14)10-4-2-9(13)3-5-10/h2-5,7H,1H3. The maximum absolute atomic E-state index is 12.0. The van der Waals surface area contributed by atoms with Crippen LogP contribution in [0.15, 0.2) is 39.7 Å². The summed E-state index contributed by atoms with van der Waals surface area (Å²) in [6.45, 7) is 1.69. The van der Waals surface area contributed by atoms with Gasteiger partial charge in [-0.1, -0.05) is 15.9 Å². The van der Waals surface area contributed by atoms with Crippen LogP contribution in [0.2, 0.25) is 0 Å². The second kappa shape index (κ2) is 4.52. The Morgan fingerprint density at radius 2 is 2.00 bits per heavy atom. The van der Waals surface area contributed by atoms with Crippen LogP contribution in [0.3, 0.4) is 0 Å². The first-order chi connectivity index (χ1) is 8.13. The Kier molecular flexibility index (Phi) is 3.07. The van der Waals surface area contributed by atoms with E-state index in [-0.39, 0.29) is 5.56 Å². The Balaban J connectivity index is 2.66. The predicted molar refractivity (Wildman–Crippen MR) is 67.0 cm³/mol. The molecule has 1 aromatic heterocycles. The van der Waals surface area contributed by atoms with Crippen molar-refractivity contribution in [2.75, 3.05) is 0 Å². The summed E-state index contributed by atoms with van der Waals surface area (Å²) in [5, 5.41) is 12.9. The van der Waals surface area contributed by atoms with E-state index < -0.39 is 5.56 Å². The molecule has 2 rings (SSSR count). The van der Waals surface area contributed by atoms with Gasteiger partial charge in [0.15, 0.2) is 0 Å². The van der Waals surface area contributed by atoms with Gasteiger partial charge in [-0.3, -0.25) is 4.79 Å². The number of hydrogen-bond acceptors (Lipinski definition) is 3. The summed E-state index contributed by atoms with van der Waals surface area (Å²) in [6, 6.07) is 9.05. The highest BCUT2D eigenvalue weighted by Crippen LogP contribution is 2.12. The van der Waals surface area contributed by atoms with Crippen molar-refractivity contribution < 1.29 is 0 Å². The third kappa shape index (κ3) is 2.12. The molecular formula is C12H8BrN3O. The first-order valence-electron chi connectivity index (χ1n) is 4.88. The van der Waals surface area contributed by atoms with Gasteiger partial charge in [-0.05, 0) is 36.8 Å². The monoisotopic (exact) mass is 289 g/mol. The van der Waals surface area contributed by atoms with E-state index in [2.05, 4.69) is 21.0 Å². The molecule has 0 bridgehead atoms. The third-order valence-corrected chi connectivity index (χ3v) is 2.88. The summed E-state index contributed by atoms with van der Waals surface area (Å²) < 4.78 is 2.14. The van der Waals surface area contributed by atoms with Crippen molar-refractivity contribution in [3.8, 4) is 11.8 Å². The fraction of sp³-hybridized carbons (Fsp3) is 0.0833. The summed E-state index contributed by atoms with van der Waals surface area (Å²) >= 11 is 3.32. The lowest BCUT2D eigenvalue weighted by atomic mass is 10.2. The minimum Gasteiger partial charge on any atom is -0.266 e. The molecule has 84 valence electrons. The van der Waals surface area contributed by atoms with Gasteiger partial charge in [-0.25, -0.2) is 0 Å². The summed E-state index contributed by atoms with van der Waals surface area (Å²) in [5.74, 6) is 0. The van der Waals surface area contributed by atoms with E-state index in [4.69, 9.17) is 5.26 Å². The molecule has 0 fully saturated rings. The number of nitrogens with zero attached hydrogens (tertiary/aromatic N) is 3. The van der Waals surface area contributed by atoms with E-state index in [0.717, 1.165) is 4.47 Å². The highest BCUT2D eigenvalue weighted by Gasteiger charge is 2.08. The van der Waals surface area contributed by atoms with Gasteiger partial charge in [0.25, 0.3) is 5.56 Å². The first kappa shape index (κ1) is 11.6. The molecule has 0 saturated carbocycles. The molecule has 2 aromatic rings. The normalized spacial score (nSPS) is 9.94. The topological polar surface area (TPSA) is 58.7 Å². The Morgan fingerprint density at radius 3 is 2.59 bits per heavy atom. The van der Waals surface area contributed by atoms with Crippen molar-refractivity contribution >= 4 is 15.9 Å². The summed E-state index contributed by atoms with van der Waals surface area (Å²) in [6.07, 6.45) is 1.52. The fourth-order valence-electron chi connectivity index (χ4n) is 1.44. The molecule has 0 unspecified atom stereocenters. The van der Waals surface area contributed by atoms with Gasteiger partial charge >= 0.3 is 0 Å². The molecule has 1 aromatic carbocycles. The lowest BCUT2D eigenvalue weighted by Gasteiger charge is -2.05. The molecule has 1 heterocycles. The van der Waals surface area contributed by atoms with E-state index in [1.165, 1.54) is 10.9 Å². The number of halogens is 1. The van der Waals surface area contributed by atoms with Crippen molar-refractivity contribution in [2.24, 2.45) is 0 Å². The Morgan fingerprint density at radius 1 is 1.35 bits per heavy atom. The lowest BCUT2D eigenvalue weighted by Crippen LogP contribution is -2.24. The van der Waals surface area contributed by atoms with Crippen molar-refractivity contribution in [3.63, 3.8) is 0 Å². The molecule has 0 spiro atoms. The molecule has 0 N–H and O–H groups in total. The Labute approximate surface area is 106 Å². The van der Waals surface area contributed by atoms with Crippen LogP contribution in [0.5, 0.6) is 0 Å². The summed E-state index contributed by atoms with van der Waals surface area (Å²) in [5.41, 5.74) is 0.957. The van der Waals surface area contributed by atoms with Gasteiger partial charge in [0.05, 0.1) is 11.9 Å². The molecule has 0 aliphatic heterocycles. The van der Waals surface area contributed by atoms with Crippen molar-refractivity contribution in [3.05, 3.63) is 56.4 Å². The molecule has 4 nitrogen and oxygen atoms in total. The van der Waals surface area contributed by atoms with E-state index in [0.29, 0.717) is 11.3 Å². The summed E-state index contributed by atoms with van der Waals surface area (Å²) in [7, 11) is 0. The lowest BCUT2D eigenvalue weighted by molar-refractivity contribution is 0.795. The zero-order valence-electron chi connectivity index (χ0n) is 9.01. The number of hydrogen-bond donors (Lipinski definition) is 0. The second-order valence-corrected chi connectivity index (χ2v) is 4.42. The van der Waals surface area contributed by atoms with Crippen molar-refractivity contribution in [1.82, 2.24) is 9.78 Å². The van der Waals surface area contributed by atoms with Gasteiger partial charge in [-0.2, -0.15) is 15.0 Å². The van der Waals surface area contributed by atoms with Gasteiger partial charge < -0.3 is 0 Å². The molecule has 0 radical (unpaired) electrons. The molecular weight excluding hydrogens is 282 g/mol. The smallest absolute Gasteiger partial charge is 0.266 e. The van der Waals surface area contributed by atoms with Crippen LogP contribution in [0.1, 0.15) is 11.1 Å². The number of aromatic nitrogens is 2. The van der Waals surface area contributed by atoms with Crippen LogP contribution < -0.4 is 5.56 Å². The van der Waals surface area contributed by atoms with E-state index in [9.17, 15) is 4.79 Å². The molecule has 0 saturated heterocycles. The number of benzene rings is 1. The quantitative estimate of drug-likeness (QED) is 0.808. The van der Waals surface area contributed by atoms with Crippen LogP contribution >= 0.6 is 15.9 Å². The van der Waals surface area contributed by atoms with Crippen LogP contribution in [0, 0.1) is 18.3 Å². The minimum absolute atomic E-state index is 0.128. The largest absolute Gasteiger partial charge is 0.289 e. The highest BCUT2D eigenvalue weighted by atomic mass is 79.9. The predicted octanol–water partition coefficient (Wildman–Crippen LogP) is 2.18. The molecule has 0 aliphatic rings. The van der Waals surface area contributed by atoms with Crippen LogP contribution in [0.4, 0.5) is 0 Å². The maximum atomic E-state index is 12.0. The van der Waals surface area contributed by atoms with E-state index >= 15 is 0 Å². The number of nitriles is 1. The second-order valence-electron chi connectivity index (χ2n) is 3.51. The number of rotatable bonds is 1. The fourth-order valence-corrected chi connectivity index (χ4v) is 1.70. The molecule has 0 atom stereocenters. The Bertz CT molecular complexity index is 653. The number of aryl methyl sites for hydroxylation is 1. The zero-order valence-corrected chi connectivity index (χ0v) is 10.6. The highest BCUT2D eigenvalue weighted by molar-refractivity contribution is 9.10. The zero-order chi connectivity index (χ0) is 12.4. The third-order valence-electron chi connectivity index (χ3n) is 2.35. The van der Waals surface area contributed by atoms with Crippen molar-refractivity contribution in [1.29, 1.82) is 5.26 Å². The van der Waals surface area contributed by atoms with Gasteiger partial charge in [-0.15, -0.1) is 0 Å². The molecule has 0 aliphatic carbocycles. The Hall–Kier alpha value is -1.93. The van der Waals surface area contributed by atoms with Gasteiger partial charge in [0.2, 0.25) is 0 Å². The van der Waals surface area contributed by atoms with Gasteiger partial charge in [0.1, 0.15) is 11.6 Å². The van der Waals surface area contributed by atoms with Crippen LogP contribution in [-0.4, -0.2) is 9.78 Å². The summed E-state index contributed by atoms with van der Waals surface area (Å²) in [4.78, 5) is 12.0.